The average molecular weight is 348 g/mol. The molecule has 1 unspecified atom stereocenters. The molecular formula is C14H10BrCl2F. The maximum atomic E-state index is 13.4. The van der Waals surface area contributed by atoms with Crippen LogP contribution in [0.2, 0.25) is 10.0 Å². The molecule has 4 heteroatoms. The van der Waals surface area contributed by atoms with Gasteiger partial charge in [-0.05, 0) is 41.8 Å². The Bertz CT molecular complexity index is 584. The Labute approximate surface area is 124 Å². The molecular weight excluding hydrogens is 338 g/mol. The predicted octanol–water partition coefficient (Wildman–Crippen LogP) is 5.93. The zero-order valence-electron chi connectivity index (χ0n) is 9.55. The SMILES string of the molecule is Cc1cc(C(Br)c2cccc(Cl)c2)c(Cl)cc1F. The van der Waals surface area contributed by atoms with Gasteiger partial charge in [-0.15, -0.1) is 0 Å². The highest BCUT2D eigenvalue weighted by molar-refractivity contribution is 9.09. The van der Waals surface area contributed by atoms with E-state index in [1.54, 1.807) is 13.0 Å². The normalized spacial score (nSPS) is 12.5. The summed E-state index contributed by atoms with van der Waals surface area (Å²) >= 11 is 15.6. The lowest BCUT2D eigenvalue weighted by molar-refractivity contribution is 0.618. The third-order valence-electron chi connectivity index (χ3n) is 2.69. The fourth-order valence-electron chi connectivity index (χ4n) is 1.72. The number of rotatable bonds is 2. The van der Waals surface area contributed by atoms with Gasteiger partial charge in [0.05, 0.1) is 4.83 Å². The molecule has 0 amide bonds. The van der Waals surface area contributed by atoms with E-state index >= 15 is 0 Å². The number of hydrogen-bond donors (Lipinski definition) is 0. The molecule has 0 fully saturated rings. The van der Waals surface area contributed by atoms with Gasteiger partial charge >= 0.3 is 0 Å². The van der Waals surface area contributed by atoms with Crippen LogP contribution in [0.1, 0.15) is 21.5 Å². The minimum atomic E-state index is -0.297. The van der Waals surface area contributed by atoms with Crippen molar-refractivity contribution in [1.82, 2.24) is 0 Å². The van der Waals surface area contributed by atoms with Gasteiger partial charge in [0.15, 0.2) is 0 Å². The van der Waals surface area contributed by atoms with Gasteiger partial charge in [0.1, 0.15) is 5.82 Å². The molecule has 0 bridgehead atoms. The second kappa shape index (κ2) is 5.60. The zero-order chi connectivity index (χ0) is 13.3. The highest BCUT2D eigenvalue weighted by Gasteiger charge is 2.16. The molecule has 2 rings (SSSR count). The summed E-state index contributed by atoms with van der Waals surface area (Å²) in [6.07, 6.45) is 0. The largest absolute Gasteiger partial charge is 0.207 e. The van der Waals surface area contributed by atoms with E-state index in [9.17, 15) is 4.39 Å². The monoisotopic (exact) mass is 346 g/mol. The van der Waals surface area contributed by atoms with Crippen LogP contribution < -0.4 is 0 Å². The first kappa shape index (κ1) is 13.9. The van der Waals surface area contributed by atoms with E-state index in [1.807, 2.05) is 24.3 Å². The van der Waals surface area contributed by atoms with Crippen molar-refractivity contribution in [3.05, 3.63) is 69.0 Å². The lowest BCUT2D eigenvalue weighted by Crippen LogP contribution is -1.96. The van der Waals surface area contributed by atoms with Gasteiger partial charge in [0.2, 0.25) is 0 Å². The molecule has 1 atom stereocenters. The molecule has 0 heterocycles. The molecule has 0 aliphatic heterocycles. The van der Waals surface area contributed by atoms with Crippen molar-refractivity contribution in [2.45, 2.75) is 11.8 Å². The minimum Gasteiger partial charge on any atom is -0.207 e. The van der Waals surface area contributed by atoms with Crippen molar-refractivity contribution in [3.8, 4) is 0 Å². The van der Waals surface area contributed by atoms with E-state index in [1.165, 1.54) is 6.07 Å². The smallest absolute Gasteiger partial charge is 0.127 e. The van der Waals surface area contributed by atoms with Gasteiger partial charge in [-0.1, -0.05) is 57.3 Å². The van der Waals surface area contributed by atoms with Crippen molar-refractivity contribution in [2.75, 3.05) is 0 Å². The molecule has 0 aliphatic carbocycles. The highest BCUT2D eigenvalue weighted by Crippen LogP contribution is 2.37. The van der Waals surface area contributed by atoms with Crippen LogP contribution in [0.25, 0.3) is 0 Å². The molecule has 0 saturated heterocycles. The maximum Gasteiger partial charge on any atom is 0.127 e. The van der Waals surface area contributed by atoms with Crippen LogP contribution in [0.15, 0.2) is 36.4 Å². The van der Waals surface area contributed by atoms with Gasteiger partial charge in [-0.3, -0.25) is 0 Å². The Balaban J connectivity index is 2.46. The Morgan fingerprint density at radius 1 is 1.17 bits per heavy atom. The number of aryl methyl sites for hydroxylation is 1. The van der Waals surface area contributed by atoms with Crippen LogP contribution in [-0.4, -0.2) is 0 Å². The second-order valence-electron chi connectivity index (χ2n) is 4.04. The molecule has 0 spiro atoms. The molecule has 2 aromatic carbocycles. The zero-order valence-corrected chi connectivity index (χ0v) is 12.7. The molecule has 0 aromatic heterocycles. The average Bonchev–Trinajstić information content (AvgIpc) is 2.33. The lowest BCUT2D eigenvalue weighted by Gasteiger charge is -2.14. The standard InChI is InChI=1S/C14H10BrCl2F/c1-8-5-11(12(17)7-13(8)18)14(15)9-3-2-4-10(16)6-9/h2-7,14H,1H3. The number of alkyl halides is 1. The van der Waals surface area contributed by atoms with E-state index in [4.69, 9.17) is 23.2 Å². The van der Waals surface area contributed by atoms with Crippen molar-refractivity contribution in [3.63, 3.8) is 0 Å². The summed E-state index contributed by atoms with van der Waals surface area (Å²) in [6.45, 7) is 1.72. The van der Waals surface area contributed by atoms with E-state index in [0.29, 0.717) is 15.6 Å². The number of benzene rings is 2. The Morgan fingerprint density at radius 2 is 1.89 bits per heavy atom. The Kier molecular flexibility index (Phi) is 4.31. The third-order valence-corrected chi connectivity index (χ3v) is 4.28. The van der Waals surface area contributed by atoms with Crippen LogP contribution >= 0.6 is 39.1 Å². The van der Waals surface area contributed by atoms with Crippen molar-refractivity contribution >= 4 is 39.1 Å². The Morgan fingerprint density at radius 3 is 2.56 bits per heavy atom. The molecule has 0 saturated carbocycles. The molecule has 94 valence electrons. The predicted molar refractivity (Wildman–Crippen MR) is 78.4 cm³/mol. The summed E-state index contributed by atoms with van der Waals surface area (Å²) in [6, 6.07) is 10.6. The fraction of sp³-hybridized carbons (Fsp3) is 0.143. The van der Waals surface area contributed by atoms with E-state index in [-0.39, 0.29) is 10.6 Å². The maximum absolute atomic E-state index is 13.4. The molecule has 18 heavy (non-hydrogen) atoms. The molecule has 0 radical (unpaired) electrons. The molecule has 2 aromatic rings. The van der Waals surface area contributed by atoms with Gasteiger partial charge in [0, 0.05) is 10.0 Å². The van der Waals surface area contributed by atoms with Crippen molar-refractivity contribution in [1.29, 1.82) is 0 Å². The number of halogens is 4. The summed E-state index contributed by atoms with van der Waals surface area (Å²) < 4.78 is 13.4. The summed E-state index contributed by atoms with van der Waals surface area (Å²) in [4.78, 5) is -0.108. The van der Waals surface area contributed by atoms with Crippen molar-refractivity contribution in [2.24, 2.45) is 0 Å². The summed E-state index contributed by atoms with van der Waals surface area (Å²) in [5.74, 6) is -0.297. The van der Waals surface area contributed by atoms with Gasteiger partial charge < -0.3 is 0 Å². The summed E-state index contributed by atoms with van der Waals surface area (Å²) in [5.41, 5.74) is 2.38. The van der Waals surface area contributed by atoms with E-state index in [0.717, 1.165) is 11.1 Å². The van der Waals surface area contributed by atoms with E-state index in [2.05, 4.69) is 15.9 Å². The third kappa shape index (κ3) is 2.87. The molecule has 0 N–H and O–H groups in total. The minimum absolute atomic E-state index is 0.108. The molecule has 0 aliphatic rings. The first-order chi connectivity index (χ1) is 8.49. The summed E-state index contributed by atoms with van der Waals surface area (Å²) in [7, 11) is 0. The van der Waals surface area contributed by atoms with E-state index < -0.39 is 0 Å². The topological polar surface area (TPSA) is 0 Å². The first-order valence-electron chi connectivity index (χ1n) is 5.34. The van der Waals surface area contributed by atoms with Gasteiger partial charge in [0.25, 0.3) is 0 Å². The number of hydrogen-bond acceptors (Lipinski definition) is 0. The van der Waals surface area contributed by atoms with Crippen LogP contribution in [-0.2, 0) is 0 Å². The van der Waals surface area contributed by atoms with Crippen LogP contribution in [0.4, 0.5) is 4.39 Å². The quantitative estimate of drug-likeness (QED) is 0.591. The first-order valence-corrected chi connectivity index (χ1v) is 7.01. The van der Waals surface area contributed by atoms with Crippen LogP contribution in [0.5, 0.6) is 0 Å². The molecule has 0 nitrogen and oxygen atoms in total. The Hall–Kier alpha value is -0.570. The summed E-state index contributed by atoms with van der Waals surface area (Å²) in [5, 5.41) is 1.06. The second-order valence-corrected chi connectivity index (χ2v) is 5.80. The lowest BCUT2D eigenvalue weighted by atomic mass is 10.0. The van der Waals surface area contributed by atoms with Crippen LogP contribution in [0, 0.1) is 12.7 Å². The fourth-order valence-corrected chi connectivity index (χ4v) is 2.97. The van der Waals surface area contributed by atoms with Gasteiger partial charge in [-0.25, -0.2) is 4.39 Å². The van der Waals surface area contributed by atoms with Crippen LogP contribution in [0.3, 0.4) is 0 Å². The van der Waals surface area contributed by atoms with Crippen molar-refractivity contribution < 1.29 is 4.39 Å². The van der Waals surface area contributed by atoms with Gasteiger partial charge in [-0.2, -0.15) is 0 Å². The highest BCUT2D eigenvalue weighted by atomic mass is 79.9.